The first-order valence-corrected chi connectivity index (χ1v) is 6.62. The van der Waals surface area contributed by atoms with Crippen LogP contribution in [0.25, 0.3) is 0 Å². The van der Waals surface area contributed by atoms with Crippen molar-refractivity contribution in [2.45, 2.75) is 26.4 Å². The molecule has 0 rings (SSSR count). The zero-order valence-corrected chi connectivity index (χ0v) is 12.9. The normalized spacial score (nSPS) is 13.1. The number of hydrogen-bond acceptors (Lipinski definition) is 7. The van der Waals surface area contributed by atoms with E-state index in [1.54, 1.807) is 0 Å². The Hall–Kier alpha value is -0.711. The number of amides is 1. The topological polar surface area (TPSA) is 150 Å². The number of nitrogens with one attached hydrogen (secondary N) is 1. The molecule has 0 aromatic rings. The largest absolute Gasteiger partial charge is 0.448 e. The predicted molar refractivity (Wildman–Crippen MR) is 62.1 cm³/mol. The van der Waals surface area contributed by atoms with Gasteiger partial charge in [-0.2, -0.15) is 8.42 Å². The summed E-state index contributed by atoms with van der Waals surface area (Å²) in [6.07, 6.45) is -1.99. The van der Waals surface area contributed by atoms with Gasteiger partial charge < -0.3 is 19.7 Å². The third-order valence-corrected chi connectivity index (χ3v) is 2.62. The molecular formula is C9H17MnNO8S. The molecule has 9 nitrogen and oxygen atoms in total. The standard InChI is InChI=1S/C9H17NO8S.Mn/c1-9(2,5-11)7(13)8(14)10-4-3-6(12)18-19(15,16)17;/h7,11,13H,3-5H2,1-2H3,(H,10,14)(H,15,16,17);/t7-;/m0./s1. The van der Waals surface area contributed by atoms with Crippen LogP contribution in [0.3, 0.4) is 0 Å². The van der Waals surface area contributed by atoms with Crippen LogP contribution in [0, 0.1) is 5.41 Å². The molecule has 0 aromatic heterocycles. The van der Waals surface area contributed by atoms with Gasteiger partial charge in [-0.05, 0) is 0 Å². The van der Waals surface area contributed by atoms with Crippen LogP contribution < -0.4 is 5.32 Å². The SMILES string of the molecule is CC(C)(CO)[C@@H](O)C(=O)NCCC(=O)OS(=O)(=O)O.[Mn]. The molecule has 1 amide bonds. The summed E-state index contributed by atoms with van der Waals surface area (Å²) in [5.41, 5.74) is -1.06. The maximum Gasteiger partial charge on any atom is 0.448 e. The first-order chi connectivity index (χ1) is 8.49. The molecule has 0 heterocycles. The maximum atomic E-state index is 11.4. The van der Waals surface area contributed by atoms with Crippen molar-refractivity contribution in [2.75, 3.05) is 13.2 Å². The molecule has 0 aromatic carbocycles. The Kier molecular flexibility index (Phi) is 9.23. The fourth-order valence-corrected chi connectivity index (χ4v) is 1.30. The molecule has 1 radical (unpaired) electrons. The van der Waals surface area contributed by atoms with Gasteiger partial charge in [0.1, 0.15) is 6.10 Å². The fourth-order valence-electron chi connectivity index (χ4n) is 0.985. The van der Waals surface area contributed by atoms with Crippen molar-refractivity contribution in [3.8, 4) is 0 Å². The predicted octanol–water partition coefficient (Wildman–Crippen LogP) is -1.78. The van der Waals surface area contributed by atoms with E-state index in [-0.39, 0.29) is 23.6 Å². The van der Waals surface area contributed by atoms with Crippen LogP contribution in [0.2, 0.25) is 0 Å². The summed E-state index contributed by atoms with van der Waals surface area (Å²) < 4.78 is 32.2. The molecule has 0 spiro atoms. The van der Waals surface area contributed by atoms with E-state index in [0.717, 1.165) is 0 Å². The molecule has 0 saturated heterocycles. The summed E-state index contributed by atoms with van der Waals surface area (Å²) in [4.78, 5) is 22.3. The van der Waals surface area contributed by atoms with Gasteiger partial charge in [0.15, 0.2) is 0 Å². The van der Waals surface area contributed by atoms with Gasteiger partial charge in [-0.3, -0.25) is 14.1 Å². The summed E-state index contributed by atoms with van der Waals surface area (Å²) in [6.45, 7) is 2.21. The van der Waals surface area contributed by atoms with E-state index in [9.17, 15) is 23.1 Å². The first kappa shape index (κ1) is 21.6. The van der Waals surface area contributed by atoms with Gasteiger partial charge in [0.2, 0.25) is 5.91 Å². The molecule has 0 aliphatic carbocycles. The summed E-state index contributed by atoms with van der Waals surface area (Å²) in [5, 5.41) is 20.7. The smallest absolute Gasteiger partial charge is 0.396 e. The molecule has 11 heteroatoms. The van der Waals surface area contributed by atoms with E-state index in [1.165, 1.54) is 13.8 Å². The van der Waals surface area contributed by atoms with Crippen molar-refractivity contribution in [2.24, 2.45) is 5.41 Å². The number of carbonyl (C=O) groups excluding carboxylic acids is 2. The maximum absolute atomic E-state index is 11.4. The minimum absolute atomic E-state index is 0. The number of rotatable bonds is 7. The summed E-state index contributed by atoms with van der Waals surface area (Å²) in [6, 6.07) is 0. The van der Waals surface area contributed by atoms with E-state index < -0.39 is 46.8 Å². The van der Waals surface area contributed by atoms with Crippen LogP contribution in [-0.2, 0) is 41.2 Å². The van der Waals surface area contributed by atoms with Crippen LogP contribution in [-0.4, -0.2) is 54.3 Å². The monoisotopic (exact) mass is 354 g/mol. The zero-order valence-electron chi connectivity index (χ0n) is 10.9. The zero-order chi connectivity index (χ0) is 15.3. The molecule has 0 saturated carbocycles. The second-order valence-corrected chi connectivity index (χ2v) is 5.50. The van der Waals surface area contributed by atoms with Crippen LogP contribution in [0.15, 0.2) is 0 Å². The van der Waals surface area contributed by atoms with E-state index in [0.29, 0.717) is 0 Å². The van der Waals surface area contributed by atoms with Gasteiger partial charge in [-0.1, -0.05) is 13.8 Å². The molecule has 119 valence electrons. The molecule has 1 atom stereocenters. The van der Waals surface area contributed by atoms with Crippen molar-refractivity contribution in [3.63, 3.8) is 0 Å². The molecule has 0 aliphatic heterocycles. The number of carbonyl (C=O) groups is 2. The van der Waals surface area contributed by atoms with E-state index in [1.807, 2.05) is 0 Å². The van der Waals surface area contributed by atoms with E-state index in [2.05, 4.69) is 9.50 Å². The third kappa shape index (κ3) is 8.46. The Morgan fingerprint density at radius 2 is 1.85 bits per heavy atom. The van der Waals surface area contributed by atoms with Crippen LogP contribution in [0.4, 0.5) is 0 Å². The Balaban J connectivity index is 0. The number of hydrogen-bond donors (Lipinski definition) is 4. The molecule has 0 unspecified atom stereocenters. The van der Waals surface area contributed by atoms with Gasteiger partial charge in [-0.25, -0.2) is 0 Å². The number of aliphatic hydroxyl groups is 2. The van der Waals surface area contributed by atoms with E-state index in [4.69, 9.17) is 9.66 Å². The molecular weight excluding hydrogens is 337 g/mol. The minimum atomic E-state index is -4.86. The quantitative estimate of drug-likeness (QED) is 0.309. The van der Waals surface area contributed by atoms with Crippen molar-refractivity contribution < 1.29 is 54.0 Å². The second-order valence-electron chi connectivity index (χ2n) is 4.47. The molecule has 4 N–H and O–H groups in total. The summed E-state index contributed by atoms with van der Waals surface area (Å²) in [7, 11) is -4.86. The van der Waals surface area contributed by atoms with Crippen LogP contribution in [0.1, 0.15) is 20.3 Å². The average molecular weight is 354 g/mol. The van der Waals surface area contributed by atoms with Gasteiger partial charge >= 0.3 is 16.4 Å². The van der Waals surface area contributed by atoms with Crippen LogP contribution in [0.5, 0.6) is 0 Å². The number of aliphatic hydroxyl groups excluding tert-OH is 2. The van der Waals surface area contributed by atoms with Gasteiger partial charge in [0, 0.05) is 29.0 Å². The summed E-state index contributed by atoms with van der Waals surface area (Å²) in [5.74, 6) is -2.07. The van der Waals surface area contributed by atoms with Gasteiger partial charge in [-0.15, -0.1) is 0 Å². The molecule has 0 bridgehead atoms. The molecule has 0 aliphatic rings. The Bertz CT molecular complexity index is 435. The minimum Gasteiger partial charge on any atom is -0.396 e. The van der Waals surface area contributed by atoms with Crippen molar-refractivity contribution in [1.29, 1.82) is 0 Å². The Labute approximate surface area is 127 Å². The van der Waals surface area contributed by atoms with Crippen LogP contribution >= 0.6 is 0 Å². The van der Waals surface area contributed by atoms with Gasteiger partial charge in [0.05, 0.1) is 13.0 Å². The van der Waals surface area contributed by atoms with Crippen molar-refractivity contribution in [3.05, 3.63) is 0 Å². The first-order valence-electron chi connectivity index (χ1n) is 5.26. The van der Waals surface area contributed by atoms with Crippen molar-refractivity contribution >= 4 is 22.3 Å². The van der Waals surface area contributed by atoms with Gasteiger partial charge in [0.25, 0.3) is 0 Å². The Morgan fingerprint density at radius 1 is 1.35 bits per heavy atom. The average Bonchev–Trinajstić information content (AvgIpc) is 2.25. The molecule has 0 fully saturated rings. The molecule has 20 heavy (non-hydrogen) atoms. The summed E-state index contributed by atoms with van der Waals surface area (Å²) >= 11 is 0. The van der Waals surface area contributed by atoms with E-state index >= 15 is 0 Å². The second kappa shape index (κ2) is 8.55. The Morgan fingerprint density at radius 3 is 2.25 bits per heavy atom. The van der Waals surface area contributed by atoms with Crippen molar-refractivity contribution in [1.82, 2.24) is 5.32 Å². The fraction of sp³-hybridized carbons (Fsp3) is 0.778. The third-order valence-electron chi connectivity index (χ3n) is 2.22.